The average molecular weight is 301 g/mol. The first-order valence-electron chi connectivity index (χ1n) is 7.24. The number of nitrogens with zero attached hydrogens (tertiary/aromatic N) is 2. The van der Waals surface area contributed by atoms with Crippen molar-refractivity contribution < 1.29 is 14.6 Å². The van der Waals surface area contributed by atoms with Crippen molar-refractivity contribution in [3.05, 3.63) is 47.2 Å². The number of hydrogen-bond acceptors (Lipinski definition) is 4. The van der Waals surface area contributed by atoms with Crippen LogP contribution in [0.2, 0.25) is 0 Å². The highest BCUT2D eigenvalue weighted by molar-refractivity contribution is 5.89. The van der Waals surface area contributed by atoms with E-state index >= 15 is 0 Å². The maximum absolute atomic E-state index is 12.5. The molecular formula is C16H19N3O3. The molecule has 6 heteroatoms. The highest BCUT2D eigenvalue weighted by Crippen LogP contribution is 2.30. The number of fused-ring (bicyclic) bond motifs is 3. The molecule has 2 aromatic rings. The molecule has 2 unspecified atom stereocenters. The molecule has 0 bridgehead atoms. The number of quaternary nitrogens is 1. The van der Waals surface area contributed by atoms with Crippen molar-refractivity contribution >= 4 is 11.7 Å². The van der Waals surface area contributed by atoms with Gasteiger partial charge in [0.05, 0.1) is 0 Å². The summed E-state index contributed by atoms with van der Waals surface area (Å²) in [4.78, 5) is 16.6. The number of ether oxygens (including phenoxy) is 1. The largest absolute Gasteiger partial charge is 0.628 e. The molecule has 0 saturated heterocycles. The maximum atomic E-state index is 12.5. The van der Waals surface area contributed by atoms with Crippen molar-refractivity contribution in [2.75, 3.05) is 0 Å². The molecule has 0 aliphatic carbocycles. The lowest BCUT2D eigenvalue weighted by atomic mass is 10.1. The molecule has 1 aromatic carbocycles. The topological polar surface area (TPSA) is 71.6 Å². The maximum Gasteiger partial charge on any atom is 0.359 e. The average Bonchev–Trinajstić information content (AvgIpc) is 2.88. The molecule has 0 fully saturated rings. The molecule has 0 saturated carbocycles. The minimum Gasteiger partial charge on any atom is -0.628 e. The van der Waals surface area contributed by atoms with Crippen LogP contribution in [0.5, 0.6) is 0 Å². The summed E-state index contributed by atoms with van der Waals surface area (Å²) in [5.41, 5.74) is 1.61. The molecule has 1 aliphatic rings. The first-order chi connectivity index (χ1) is 10.3. The van der Waals surface area contributed by atoms with Crippen LogP contribution in [0.3, 0.4) is 0 Å². The first kappa shape index (κ1) is 14.7. The molecule has 0 spiro atoms. The predicted octanol–water partition coefficient (Wildman–Crippen LogP) is 1.92. The molecule has 0 radical (unpaired) electrons. The number of hydrogen-bond donors (Lipinski definition) is 1. The van der Waals surface area contributed by atoms with Gasteiger partial charge in [-0.15, -0.1) is 0 Å². The van der Waals surface area contributed by atoms with Crippen molar-refractivity contribution in [2.45, 2.75) is 39.3 Å². The summed E-state index contributed by atoms with van der Waals surface area (Å²) in [6.07, 6.45) is 1.58. The van der Waals surface area contributed by atoms with E-state index in [0.717, 1.165) is 5.69 Å². The van der Waals surface area contributed by atoms with Crippen molar-refractivity contribution in [3.8, 4) is 5.69 Å². The van der Waals surface area contributed by atoms with E-state index < -0.39 is 17.6 Å². The van der Waals surface area contributed by atoms with Crippen LogP contribution >= 0.6 is 0 Å². The van der Waals surface area contributed by atoms with E-state index in [-0.39, 0.29) is 10.8 Å². The Kier molecular flexibility index (Phi) is 3.30. The van der Waals surface area contributed by atoms with Crippen molar-refractivity contribution in [1.29, 1.82) is 0 Å². The lowest BCUT2D eigenvalue weighted by molar-refractivity contribution is -0.813. The summed E-state index contributed by atoms with van der Waals surface area (Å²) >= 11 is 0. The van der Waals surface area contributed by atoms with Gasteiger partial charge in [0.15, 0.2) is 11.4 Å². The molecule has 1 aromatic heterocycles. The molecule has 3 rings (SSSR count). The molecular weight excluding hydrogens is 282 g/mol. The van der Waals surface area contributed by atoms with E-state index in [1.54, 1.807) is 44.7 Å². The van der Waals surface area contributed by atoms with E-state index in [9.17, 15) is 10.0 Å². The quantitative estimate of drug-likeness (QED) is 0.645. The highest BCUT2D eigenvalue weighted by atomic mass is 16.6. The molecule has 6 nitrogen and oxygen atoms in total. The number of carbonyl (C=O) groups is 1. The van der Waals surface area contributed by atoms with Crippen LogP contribution in [0.4, 0.5) is 5.69 Å². The number of hydroxylamine groups is 1. The lowest BCUT2D eigenvalue weighted by Crippen LogP contribution is -3.03. The van der Waals surface area contributed by atoms with Gasteiger partial charge in [0.25, 0.3) is 0 Å². The molecule has 1 N–H and O–H groups in total. The molecule has 0 amide bonds. The van der Waals surface area contributed by atoms with Crippen LogP contribution in [-0.4, -0.2) is 21.1 Å². The van der Waals surface area contributed by atoms with E-state index in [2.05, 4.69) is 4.98 Å². The Morgan fingerprint density at radius 1 is 1.36 bits per heavy atom. The number of para-hydroxylation sites is 2. The lowest BCUT2D eigenvalue weighted by Gasteiger charge is -2.35. The van der Waals surface area contributed by atoms with Gasteiger partial charge < -0.3 is 15.0 Å². The smallest absolute Gasteiger partial charge is 0.359 e. The van der Waals surface area contributed by atoms with Gasteiger partial charge in [0.2, 0.25) is 0 Å². The molecule has 116 valence electrons. The predicted molar refractivity (Wildman–Crippen MR) is 81.1 cm³/mol. The Morgan fingerprint density at radius 2 is 2.05 bits per heavy atom. The van der Waals surface area contributed by atoms with Gasteiger partial charge in [0.1, 0.15) is 29.4 Å². The van der Waals surface area contributed by atoms with Gasteiger partial charge in [-0.25, -0.2) is 9.78 Å². The standard InChI is InChI=1S/C16H19N3O3/c1-10-14-13(15(20)22-16(2,3)4)17-9-18(14)11-7-5-6-8-12(11)19(10)21/h5-10,19H,1-4H3. The number of rotatable bonds is 1. The van der Waals surface area contributed by atoms with Crippen LogP contribution in [-0.2, 0) is 4.74 Å². The molecule has 2 atom stereocenters. The summed E-state index contributed by atoms with van der Waals surface area (Å²) in [5, 5.41) is 12.5. The Balaban J connectivity index is 2.11. The fraction of sp³-hybridized carbons (Fsp3) is 0.375. The van der Waals surface area contributed by atoms with Crippen LogP contribution in [0.25, 0.3) is 5.69 Å². The van der Waals surface area contributed by atoms with Gasteiger partial charge in [-0.05, 0) is 33.8 Å². The SMILES string of the molecule is CC1c2c(C(=O)OC(C)(C)C)ncn2-c2ccccc2[NH+]1[O-]. The number of imidazole rings is 1. The zero-order chi connectivity index (χ0) is 16.1. The van der Waals surface area contributed by atoms with Gasteiger partial charge in [-0.2, -0.15) is 0 Å². The summed E-state index contributed by atoms with van der Waals surface area (Å²) in [5.74, 6) is -0.500. The summed E-state index contributed by atoms with van der Waals surface area (Å²) in [6, 6.07) is 6.91. The number of aromatic nitrogens is 2. The second-order valence-corrected chi connectivity index (χ2v) is 6.45. The fourth-order valence-corrected chi connectivity index (χ4v) is 2.70. The third-order valence-electron chi connectivity index (χ3n) is 3.63. The van der Waals surface area contributed by atoms with Crippen LogP contribution in [0, 0.1) is 5.21 Å². The zero-order valence-corrected chi connectivity index (χ0v) is 13.1. The van der Waals surface area contributed by atoms with Gasteiger partial charge in [0, 0.05) is 6.07 Å². The third kappa shape index (κ3) is 2.30. The number of esters is 1. The van der Waals surface area contributed by atoms with Crippen LogP contribution in [0.15, 0.2) is 30.6 Å². The van der Waals surface area contributed by atoms with Gasteiger partial charge in [-0.3, -0.25) is 4.57 Å². The minimum absolute atomic E-state index is 0.00610. The highest BCUT2D eigenvalue weighted by Gasteiger charge is 2.35. The minimum atomic E-state index is -0.604. The number of carbonyl (C=O) groups excluding carboxylic acids is 1. The van der Waals surface area contributed by atoms with Crippen LogP contribution in [0.1, 0.15) is 49.9 Å². The summed E-state index contributed by atoms with van der Waals surface area (Å²) in [6.45, 7) is 7.20. The Morgan fingerprint density at radius 3 is 2.73 bits per heavy atom. The van der Waals surface area contributed by atoms with E-state index in [1.807, 2.05) is 18.2 Å². The van der Waals surface area contributed by atoms with E-state index in [4.69, 9.17) is 4.74 Å². The fourth-order valence-electron chi connectivity index (χ4n) is 2.70. The summed E-state index contributed by atoms with van der Waals surface area (Å²) < 4.78 is 7.20. The van der Waals surface area contributed by atoms with Crippen molar-refractivity contribution in [3.63, 3.8) is 0 Å². The Hall–Kier alpha value is -2.18. The molecule has 2 heterocycles. The number of nitrogens with one attached hydrogen (secondary N) is 1. The third-order valence-corrected chi connectivity index (χ3v) is 3.63. The van der Waals surface area contributed by atoms with Crippen molar-refractivity contribution in [2.24, 2.45) is 0 Å². The Bertz CT molecular complexity index is 730. The monoisotopic (exact) mass is 301 g/mol. The summed E-state index contributed by atoms with van der Waals surface area (Å²) in [7, 11) is 0. The molecule has 22 heavy (non-hydrogen) atoms. The van der Waals surface area contributed by atoms with Gasteiger partial charge >= 0.3 is 5.97 Å². The number of benzene rings is 1. The Labute approximate surface area is 128 Å². The van der Waals surface area contributed by atoms with Crippen molar-refractivity contribution in [1.82, 2.24) is 9.55 Å². The second-order valence-electron chi connectivity index (χ2n) is 6.45. The van der Waals surface area contributed by atoms with Gasteiger partial charge in [-0.1, -0.05) is 12.1 Å². The zero-order valence-electron chi connectivity index (χ0n) is 13.1. The van der Waals surface area contributed by atoms with E-state index in [1.165, 1.54) is 0 Å². The first-order valence-corrected chi connectivity index (χ1v) is 7.24. The molecule has 1 aliphatic heterocycles. The normalized spacial score (nSPS) is 20.2. The van der Waals surface area contributed by atoms with Crippen LogP contribution < -0.4 is 5.06 Å². The van der Waals surface area contributed by atoms with E-state index in [0.29, 0.717) is 11.4 Å². The second kappa shape index (κ2) is 4.93.